The lowest BCUT2D eigenvalue weighted by atomic mass is 10.1. The SMILES string of the molecule is C[Si](C)(C)CCOCn1cnc2cc(-c3cnc(N4CCCC4=O)o3)ccc21. The minimum atomic E-state index is -1.08. The monoisotopic (exact) mass is 398 g/mol. The maximum absolute atomic E-state index is 11.9. The smallest absolute Gasteiger partial charge is 0.304 e. The van der Waals surface area contributed by atoms with E-state index < -0.39 is 8.07 Å². The second kappa shape index (κ2) is 7.52. The fourth-order valence-electron chi connectivity index (χ4n) is 3.23. The number of amides is 1. The standard InChI is InChI=1S/C20H26N4O3Si/c1-28(2,3)10-9-26-14-23-13-22-16-11-15(6-7-17(16)23)18-12-21-20(27-18)24-8-4-5-19(24)25/h6-7,11-13H,4-5,8-10,14H2,1-3H3. The van der Waals surface area contributed by atoms with Gasteiger partial charge in [0.25, 0.3) is 0 Å². The highest BCUT2D eigenvalue weighted by molar-refractivity contribution is 6.76. The van der Waals surface area contributed by atoms with Crippen molar-refractivity contribution in [2.75, 3.05) is 18.1 Å². The van der Waals surface area contributed by atoms with Crippen LogP contribution < -0.4 is 4.90 Å². The summed E-state index contributed by atoms with van der Waals surface area (Å²) in [5.74, 6) is 0.703. The number of aromatic nitrogens is 3. The number of oxazole rings is 1. The number of carbonyl (C=O) groups excluding carboxylic acids is 1. The van der Waals surface area contributed by atoms with Gasteiger partial charge in [-0.25, -0.2) is 9.97 Å². The zero-order valence-electron chi connectivity index (χ0n) is 16.6. The number of rotatable bonds is 7. The van der Waals surface area contributed by atoms with Crippen LogP contribution in [0.25, 0.3) is 22.4 Å². The molecule has 0 unspecified atom stereocenters. The van der Waals surface area contributed by atoms with Crippen LogP contribution in [0, 0.1) is 0 Å². The Morgan fingerprint density at radius 2 is 2.11 bits per heavy atom. The highest BCUT2D eigenvalue weighted by Crippen LogP contribution is 2.29. The summed E-state index contributed by atoms with van der Waals surface area (Å²) < 4.78 is 13.7. The minimum Gasteiger partial charge on any atom is -0.423 e. The zero-order valence-corrected chi connectivity index (χ0v) is 17.6. The van der Waals surface area contributed by atoms with Crippen LogP contribution in [0.5, 0.6) is 0 Å². The van der Waals surface area contributed by atoms with Crippen molar-refractivity contribution in [3.05, 3.63) is 30.7 Å². The number of nitrogens with zero attached hydrogens (tertiary/aromatic N) is 4. The van der Waals surface area contributed by atoms with E-state index in [4.69, 9.17) is 9.15 Å². The lowest BCUT2D eigenvalue weighted by Crippen LogP contribution is -2.23. The van der Waals surface area contributed by atoms with Gasteiger partial charge < -0.3 is 13.7 Å². The number of hydrogen-bond donors (Lipinski definition) is 0. The molecule has 3 aromatic rings. The molecule has 0 N–H and O–H groups in total. The Morgan fingerprint density at radius 3 is 2.86 bits per heavy atom. The summed E-state index contributed by atoms with van der Waals surface area (Å²) in [4.78, 5) is 22.2. The van der Waals surface area contributed by atoms with Crippen molar-refractivity contribution in [2.24, 2.45) is 0 Å². The van der Waals surface area contributed by atoms with Crippen molar-refractivity contribution >= 4 is 31.0 Å². The molecule has 0 saturated carbocycles. The maximum Gasteiger partial charge on any atom is 0.304 e. The fourth-order valence-corrected chi connectivity index (χ4v) is 3.99. The summed E-state index contributed by atoms with van der Waals surface area (Å²) in [6.07, 6.45) is 4.87. The van der Waals surface area contributed by atoms with Crippen LogP contribution in [-0.2, 0) is 16.3 Å². The summed E-state index contributed by atoms with van der Waals surface area (Å²) >= 11 is 0. The third-order valence-corrected chi connectivity index (χ3v) is 6.63. The molecule has 148 valence electrons. The molecule has 4 rings (SSSR count). The van der Waals surface area contributed by atoms with Gasteiger partial charge in [0.15, 0.2) is 5.76 Å². The molecule has 2 aromatic heterocycles. The molecule has 7 nitrogen and oxygen atoms in total. The van der Waals surface area contributed by atoms with E-state index >= 15 is 0 Å². The van der Waals surface area contributed by atoms with Gasteiger partial charge in [-0.15, -0.1) is 0 Å². The predicted molar refractivity (Wildman–Crippen MR) is 111 cm³/mol. The van der Waals surface area contributed by atoms with Gasteiger partial charge in [0.1, 0.15) is 6.73 Å². The van der Waals surface area contributed by atoms with Crippen LogP contribution in [0.15, 0.2) is 35.1 Å². The molecule has 1 amide bonds. The topological polar surface area (TPSA) is 73.4 Å². The number of fused-ring (bicyclic) bond motifs is 1. The Morgan fingerprint density at radius 1 is 1.25 bits per heavy atom. The minimum absolute atomic E-state index is 0.0664. The van der Waals surface area contributed by atoms with Gasteiger partial charge in [0.05, 0.1) is 23.6 Å². The highest BCUT2D eigenvalue weighted by atomic mass is 28.3. The fraction of sp³-hybridized carbons (Fsp3) is 0.450. The van der Waals surface area contributed by atoms with E-state index in [0.29, 0.717) is 31.5 Å². The second-order valence-corrected chi connectivity index (χ2v) is 14.0. The van der Waals surface area contributed by atoms with Crippen LogP contribution in [0.2, 0.25) is 25.7 Å². The lowest BCUT2D eigenvalue weighted by Gasteiger charge is -2.15. The van der Waals surface area contributed by atoms with E-state index in [1.807, 2.05) is 22.8 Å². The van der Waals surface area contributed by atoms with Crippen LogP contribution in [0.4, 0.5) is 6.01 Å². The summed E-state index contributed by atoms with van der Waals surface area (Å²) in [7, 11) is -1.08. The van der Waals surface area contributed by atoms with Crippen LogP contribution in [-0.4, -0.2) is 41.7 Å². The van der Waals surface area contributed by atoms with Gasteiger partial charge in [-0.3, -0.25) is 9.69 Å². The van der Waals surface area contributed by atoms with Gasteiger partial charge >= 0.3 is 6.01 Å². The van der Waals surface area contributed by atoms with Crippen LogP contribution in [0.1, 0.15) is 12.8 Å². The van der Waals surface area contributed by atoms with E-state index in [-0.39, 0.29) is 5.91 Å². The Kier molecular flexibility index (Phi) is 5.07. The molecule has 0 bridgehead atoms. The van der Waals surface area contributed by atoms with E-state index in [1.54, 1.807) is 17.4 Å². The lowest BCUT2D eigenvalue weighted by molar-refractivity contribution is -0.117. The molecule has 1 saturated heterocycles. The van der Waals surface area contributed by atoms with Crippen LogP contribution >= 0.6 is 0 Å². The molecule has 8 heteroatoms. The van der Waals surface area contributed by atoms with Gasteiger partial charge in [0.2, 0.25) is 5.91 Å². The summed E-state index contributed by atoms with van der Waals surface area (Å²) in [5.41, 5.74) is 2.79. The van der Waals surface area contributed by atoms with Crippen LogP contribution in [0.3, 0.4) is 0 Å². The molecule has 0 radical (unpaired) electrons. The van der Waals surface area contributed by atoms with E-state index in [2.05, 4.69) is 29.6 Å². The normalized spacial score (nSPS) is 15.1. The first-order valence-corrected chi connectivity index (χ1v) is 13.4. The number of imidazole rings is 1. The predicted octanol–water partition coefficient (Wildman–Crippen LogP) is 4.13. The molecule has 0 atom stereocenters. The van der Waals surface area contributed by atoms with Crippen molar-refractivity contribution in [3.8, 4) is 11.3 Å². The number of carbonyl (C=O) groups is 1. The first kappa shape index (κ1) is 18.9. The molecule has 0 aliphatic carbocycles. The first-order chi connectivity index (χ1) is 13.4. The summed E-state index contributed by atoms with van der Waals surface area (Å²) in [6, 6.07) is 7.50. The van der Waals surface area contributed by atoms with Crippen molar-refractivity contribution in [1.82, 2.24) is 14.5 Å². The quantitative estimate of drug-likeness (QED) is 0.442. The Labute approximate surface area is 165 Å². The average molecular weight is 399 g/mol. The molecule has 1 aliphatic rings. The molecule has 1 aliphatic heterocycles. The molecule has 3 heterocycles. The number of anilines is 1. The van der Waals surface area contributed by atoms with Gasteiger partial charge in [0, 0.05) is 33.2 Å². The van der Waals surface area contributed by atoms with Gasteiger partial charge in [-0.1, -0.05) is 19.6 Å². The Hall–Kier alpha value is -2.45. The second-order valence-electron chi connectivity index (χ2n) is 8.42. The number of hydrogen-bond acceptors (Lipinski definition) is 5. The van der Waals surface area contributed by atoms with Crippen molar-refractivity contribution in [1.29, 1.82) is 0 Å². The molecule has 1 fully saturated rings. The highest BCUT2D eigenvalue weighted by Gasteiger charge is 2.26. The number of ether oxygens (including phenoxy) is 1. The Bertz CT molecular complexity index is 989. The van der Waals surface area contributed by atoms with Crippen molar-refractivity contribution < 1.29 is 13.9 Å². The average Bonchev–Trinajstić information content (AvgIpc) is 3.36. The largest absolute Gasteiger partial charge is 0.423 e. The van der Waals surface area contributed by atoms with E-state index in [9.17, 15) is 4.79 Å². The van der Waals surface area contributed by atoms with E-state index in [1.165, 1.54) is 0 Å². The first-order valence-electron chi connectivity index (χ1n) is 9.70. The summed E-state index contributed by atoms with van der Waals surface area (Å²) in [6.45, 7) is 8.99. The third-order valence-electron chi connectivity index (χ3n) is 4.93. The molecule has 28 heavy (non-hydrogen) atoms. The zero-order chi connectivity index (χ0) is 19.7. The molecule has 0 spiro atoms. The maximum atomic E-state index is 11.9. The third kappa shape index (κ3) is 4.02. The van der Waals surface area contributed by atoms with Crippen molar-refractivity contribution in [3.63, 3.8) is 0 Å². The molecule has 1 aromatic carbocycles. The summed E-state index contributed by atoms with van der Waals surface area (Å²) in [5, 5.41) is 0. The van der Waals surface area contributed by atoms with Gasteiger partial charge in [-0.05, 0) is 30.7 Å². The molecular weight excluding hydrogens is 372 g/mol. The van der Waals surface area contributed by atoms with E-state index in [0.717, 1.165) is 35.7 Å². The van der Waals surface area contributed by atoms with Crippen molar-refractivity contribution in [2.45, 2.75) is 45.3 Å². The number of benzene rings is 1. The molecular formula is C20H26N4O3Si. The van der Waals surface area contributed by atoms with Gasteiger partial charge in [-0.2, -0.15) is 0 Å². The Balaban J connectivity index is 1.47.